The van der Waals surface area contributed by atoms with Crippen LogP contribution >= 0.6 is 0 Å². The maximum Gasteiger partial charge on any atom is 0.0691 e. The fourth-order valence-corrected chi connectivity index (χ4v) is 4.35. The molecule has 0 amide bonds. The van der Waals surface area contributed by atoms with Crippen LogP contribution in [0, 0.1) is 6.92 Å². The summed E-state index contributed by atoms with van der Waals surface area (Å²) in [5, 5.41) is 5.00. The third-order valence-electron chi connectivity index (χ3n) is 6.14. The molecule has 31 heavy (non-hydrogen) atoms. The van der Waals surface area contributed by atoms with Gasteiger partial charge in [0.05, 0.1) is 16.9 Å². The predicted octanol–water partition coefficient (Wildman–Crippen LogP) is 5.37. The van der Waals surface area contributed by atoms with Gasteiger partial charge >= 0.3 is 0 Å². The van der Waals surface area contributed by atoms with Crippen molar-refractivity contribution in [2.75, 3.05) is 37.6 Å². The Morgan fingerprint density at radius 1 is 0.871 bits per heavy atom. The molecule has 0 saturated carbocycles. The van der Waals surface area contributed by atoms with Crippen molar-refractivity contribution < 1.29 is 0 Å². The first kappa shape index (κ1) is 21.6. The van der Waals surface area contributed by atoms with Crippen LogP contribution in [0.25, 0.3) is 11.3 Å². The van der Waals surface area contributed by atoms with E-state index in [0.29, 0.717) is 0 Å². The zero-order chi connectivity index (χ0) is 21.8. The summed E-state index contributed by atoms with van der Waals surface area (Å²) in [4.78, 5) is 5.09. The van der Waals surface area contributed by atoms with E-state index in [-0.39, 0.29) is 5.54 Å². The van der Waals surface area contributed by atoms with Crippen LogP contribution in [-0.4, -0.2) is 47.4 Å². The largest absolute Gasteiger partial charge is 0.369 e. The Kier molecular flexibility index (Phi) is 6.47. The highest BCUT2D eigenvalue weighted by Crippen LogP contribution is 2.27. The normalized spacial score (nSPS) is 15.4. The second-order valence-corrected chi connectivity index (χ2v) is 9.74. The van der Waals surface area contributed by atoms with Crippen LogP contribution in [0.5, 0.6) is 0 Å². The third-order valence-corrected chi connectivity index (χ3v) is 6.14. The predicted molar refractivity (Wildman–Crippen MR) is 131 cm³/mol. The van der Waals surface area contributed by atoms with E-state index in [1.165, 1.54) is 28.2 Å². The number of hydrogen-bond donors (Lipinski definition) is 0. The third kappa shape index (κ3) is 5.37. The van der Waals surface area contributed by atoms with Crippen molar-refractivity contribution in [1.82, 2.24) is 14.7 Å². The molecule has 2 heterocycles. The highest BCUT2D eigenvalue weighted by molar-refractivity contribution is 5.61. The molecular formula is C27H36N4. The lowest BCUT2D eigenvalue weighted by Crippen LogP contribution is -2.46. The molecule has 0 atom stereocenters. The number of hydrogen-bond acceptors (Lipinski definition) is 3. The van der Waals surface area contributed by atoms with Crippen molar-refractivity contribution in [3.8, 4) is 11.3 Å². The number of aromatic nitrogens is 2. The van der Waals surface area contributed by atoms with Crippen LogP contribution in [0.3, 0.4) is 0 Å². The molecule has 4 nitrogen and oxygen atoms in total. The number of nitrogens with zero attached hydrogens (tertiary/aromatic N) is 4. The van der Waals surface area contributed by atoms with Gasteiger partial charge in [0.15, 0.2) is 0 Å². The molecule has 0 radical (unpaired) electrons. The Balaban J connectivity index is 1.34. The number of rotatable bonds is 6. The first-order valence-corrected chi connectivity index (χ1v) is 11.6. The van der Waals surface area contributed by atoms with Crippen LogP contribution in [-0.2, 0) is 12.0 Å². The van der Waals surface area contributed by atoms with Crippen molar-refractivity contribution in [2.45, 2.75) is 46.1 Å². The van der Waals surface area contributed by atoms with Crippen LogP contribution in [0.4, 0.5) is 5.69 Å². The lowest BCUT2D eigenvalue weighted by Gasteiger charge is -2.36. The summed E-state index contributed by atoms with van der Waals surface area (Å²) in [6, 6.07) is 21.9. The molecule has 0 spiro atoms. The Labute approximate surface area is 187 Å². The van der Waals surface area contributed by atoms with Gasteiger partial charge in [-0.25, -0.2) is 0 Å². The van der Waals surface area contributed by atoms with E-state index in [1.54, 1.807) is 0 Å². The maximum atomic E-state index is 5.00. The van der Waals surface area contributed by atoms with Crippen LogP contribution in [0.2, 0.25) is 0 Å². The van der Waals surface area contributed by atoms with Crippen molar-refractivity contribution in [2.24, 2.45) is 0 Å². The fraction of sp³-hybridized carbons (Fsp3) is 0.444. The molecule has 0 bridgehead atoms. The lowest BCUT2D eigenvalue weighted by atomic mass is 10.1. The van der Waals surface area contributed by atoms with Gasteiger partial charge in [0.2, 0.25) is 0 Å². The molecule has 2 aromatic carbocycles. The summed E-state index contributed by atoms with van der Waals surface area (Å²) in [5.41, 5.74) is 6.27. The van der Waals surface area contributed by atoms with E-state index >= 15 is 0 Å². The molecule has 3 aromatic rings. The molecule has 1 saturated heterocycles. The quantitative estimate of drug-likeness (QED) is 0.540. The molecule has 4 rings (SSSR count). The highest BCUT2D eigenvalue weighted by Gasteiger charge is 2.21. The van der Waals surface area contributed by atoms with Crippen molar-refractivity contribution in [3.63, 3.8) is 0 Å². The van der Waals surface area contributed by atoms with E-state index in [0.717, 1.165) is 45.6 Å². The zero-order valence-electron chi connectivity index (χ0n) is 19.5. The average molecular weight is 417 g/mol. The molecule has 4 heteroatoms. The van der Waals surface area contributed by atoms with Gasteiger partial charge in [0, 0.05) is 31.9 Å². The maximum absolute atomic E-state index is 5.00. The first-order chi connectivity index (χ1) is 14.9. The minimum absolute atomic E-state index is 0.0355. The van der Waals surface area contributed by atoms with Gasteiger partial charge in [-0.2, -0.15) is 5.10 Å². The number of benzene rings is 2. The lowest BCUT2D eigenvalue weighted by molar-refractivity contribution is 0.254. The van der Waals surface area contributed by atoms with Crippen molar-refractivity contribution in [1.29, 1.82) is 0 Å². The molecule has 0 aliphatic carbocycles. The minimum Gasteiger partial charge on any atom is -0.369 e. The second-order valence-electron chi connectivity index (χ2n) is 9.74. The second kappa shape index (κ2) is 9.27. The molecule has 1 aromatic heterocycles. The van der Waals surface area contributed by atoms with Gasteiger partial charge < -0.3 is 4.90 Å². The van der Waals surface area contributed by atoms with E-state index in [4.69, 9.17) is 5.10 Å². The number of anilines is 1. The highest BCUT2D eigenvalue weighted by atomic mass is 15.3. The topological polar surface area (TPSA) is 24.3 Å². The van der Waals surface area contributed by atoms with Gasteiger partial charge in [-0.3, -0.25) is 9.58 Å². The zero-order valence-corrected chi connectivity index (χ0v) is 19.5. The van der Waals surface area contributed by atoms with E-state index < -0.39 is 0 Å². The van der Waals surface area contributed by atoms with Gasteiger partial charge in [-0.05, 0) is 70.8 Å². The number of piperazine rings is 1. The summed E-state index contributed by atoms with van der Waals surface area (Å²) >= 11 is 0. The number of aryl methyl sites for hydroxylation is 2. The average Bonchev–Trinajstić information content (AvgIpc) is 3.20. The number of para-hydroxylation sites is 1. The monoisotopic (exact) mass is 416 g/mol. The fourth-order valence-electron chi connectivity index (χ4n) is 4.35. The van der Waals surface area contributed by atoms with Gasteiger partial charge in [0.1, 0.15) is 0 Å². The Bertz CT molecular complexity index is 959. The SMILES string of the molecule is Cc1ccc(-c2cc(CCCN3CCN(c4ccccc4)CC3)nn2C(C)(C)C)cc1. The van der Waals surface area contributed by atoms with Gasteiger partial charge in [-0.15, -0.1) is 0 Å². The van der Waals surface area contributed by atoms with Crippen molar-refractivity contribution in [3.05, 3.63) is 71.9 Å². The molecule has 1 fully saturated rings. The smallest absolute Gasteiger partial charge is 0.0691 e. The minimum atomic E-state index is -0.0355. The van der Waals surface area contributed by atoms with Gasteiger partial charge in [-0.1, -0.05) is 48.0 Å². The van der Waals surface area contributed by atoms with E-state index in [1.807, 2.05) is 0 Å². The molecule has 164 valence electrons. The van der Waals surface area contributed by atoms with Crippen molar-refractivity contribution >= 4 is 5.69 Å². The summed E-state index contributed by atoms with van der Waals surface area (Å²) in [6.07, 6.45) is 2.18. The standard InChI is InChI=1S/C27H36N4/c1-22-12-14-23(15-13-22)26-21-24(28-31(26)27(2,3)4)9-8-16-29-17-19-30(20-18-29)25-10-6-5-7-11-25/h5-7,10-15,21H,8-9,16-20H2,1-4H3. The van der Waals surface area contributed by atoms with Crippen LogP contribution < -0.4 is 4.90 Å². The molecule has 1 aliphatic rings. The molecule has 0 N–H and O–H groups in total. The Morgan fingerprint density at radius 3 is 2.19 bits per heavy atom. The van der Waals surface area contributed by atoms with Crippen LogP contribution in [0.1, 0.15) is 38.4 Å². The summed E-state index contributed by atoms with van der Waals surface area (Å²) in [7, 11) is 0. The first-order valence-electron chi connectivity index (χ1n) is 11.6. The summed E-state index contributed by atoms with van der Waals surface area (Å²) in [5.74, 6) is 0. The molecule has 0 unspecified atom stereocenters. The van der Waals surface area contributed by atoms with E-state index in [2.05, 4.69) is 103 Å². The van der Waals surface area contributed by atoms with E-state index in [9.17, 15) is 0 Å². The molecular weight excluding hydrogens is 380 g/mol. The summed E-state index contributed by atoms with van der Waals surface area (Å²) in [6.45, 7) is 14.5. The summed E-state index contributed by atoms with van der Waals surface area (Å²) < 4.78 is 2.20. The Hall–Kier alpha value is -2.59. The van der Waals surface area contributed by atoms with Crippen LogP contribution in [0.15, 0.2) is 60.7 Å². The van der Waals surface area contributed by atoms with Gasteiger partial charge in [0.25, 0.3) is 0 Å². The molecule has 1 aliphatic heterocycles. The Morgan fingerprint density at radius 2 is 1.55 bits per heavy atom.